The fraction of sp³-hybridized carbons (Fsp3) is 0.529. The lowest BCUT2D eigenvalue weighted by Gasteiger charge is -2.29. The van der Waals surface area contributed by atoms with Crippen LogP contribution < -0.4 is 5.32 Å². The molecule has 4 nitrogen and oxygen atoms in total. The summed E-state index contributed by atoms with van der Waals surface area (Å²) in [6, 6.07) is 4.87. The van der Waals surface area contributed by atoms with E-state index in [2.05, 4.69) is 10.3 Å². The van der Waals surface area contributed by atoms with Gasteiger partial charge in [0.2, 0.25) is 11.9 Å². The summed E-state index contributed by atoms with van der Waals surface area (Å²) in [5, 5.41) is 2.92. The standard InChI is InChI=1S/C17H22FN3O/c1-17(2,3)10-15(22)20-16-19-13-8-7-11(18)9-14(13)21(16)12-5-4-6-12/h7-9,12H,4-6,10H2,1-3H3,(H,19,20,22). The van der Waals surface area contributed by atoms with Gasteiger partial charge in [-0.1, -0.05) is 20.8 Å². The van der Waals surface area contributed by atoms with E-state index in [4.69, 9.17) is 0 Å². The van der Waals surface area contributed by atoms with Gasteiger partial charge in [-0.15, -0.1) is 0 Å². The molecular formula is C17H22FN3O. The summed E-state index contributed by atoms with van der Waals surface area (Å²) in [5.74, 6) is 0.212. The van der Waals surface area contributed by atoms with E-state index in [1.165, 1.54) is 12.1 Å². The van der Waals surface area contributed by atoms with Crippen molar-refractivity contribution in [3.05, 3.63) is 24.0 Å². The van der Waals surface area contributed by atoms with Crippen LogP contribution in [0.2, 0.25) is 0 Å². The summed E-state index contributed by atoms with van der Waals surface area (Å²) in [5.41, 5.74) is 1.40. The fourth-order valence-electron chi connectivity index (χ4n) is 2.82. The molecule has 1 amide bonds. The van der Waals surface area contributed by atoms with Crippen LogP contribution in [0, 0.1) is 11.2 Å². The van der Waals surface area contributed by atoms with Crippen LogP contribution in [0.1, 0.15) is 52.5 Å². The number of benzene rings is 1. The third-order valence-electron chi connectivity index (χ3n) is 4.03. The molecule has 1 aliphatic rings. The predicted molar refractivity (Wildman–Crippen MR) is 85.3 cm³/mol. The first kappa shape index (κ1) is 15.0. The smallest absolute Gasteiger partial charge is 0.227 e. The first-order valence-corrected chi connectivity index (χ1v) is 7.81. The van der Waals surface area contributed by atoms with Crippen molar-refractivity contribution < 1.29 is 9.18 Å². The summed E-state index contributed by atoms with van der Waals surface area (Å²) in [6.07, 6.45) is 3.68. The molecule has 3 rings (SSSR count). The van der Waals surface area contributed by atoms with Crippen molar-refractivity contribution in [1.29, 1.82) is 0 Å². The number of aromatic nitrogens is 2. The molecule has 0 radical (unpaired) electrons. The lowest BCUT2D eigenvalue weighted by Crippen LogP contribution is -2.24. The van der Waals surface area contributed by atoms with Gasteiger partial charge in [0.25, 0.3) is 0 Å². The monoisotopic (exact) mass is 303 g/mol. The van der Waals surface area contributed by atoms with Gasteiger partial charge in [0, 0.05) is 12.5 Å². The number of rotatable bonds is 3. The van der Waals surface area contributed by atoms with E-state index < -0.39 is 0 Å². The summed E-state index contributed by atoms with van der Waals surface area (Å²) in [7, 11) is 0. The highest BCUT2D eigenvalue weighted by Crippen LogP contribution is 2.37. The number of nitrogens with zero attached hydrogens (tertiary/aromatic N) is 2. The van der Waals surface area contributed by atoms with Crippen molar-refractivity contribution >= 4 is 22.9 Å². The van der Waals surface area contributed by atoms with Gasteiger partial charge in [-0.05, 0) is 42.9 Å². The van der Waals surface area contributed by atoms with E-state index in [1.54, 1.807) is 6.07 Å². The third kappa shape index (κ3) is 2.98. The Labute approximate surface area is 129 Å². The molecule has 0 bridgehead atoms. The average molecular weight is 303 g/mol. The first-order valence-electron chi connectivity index (χ1n) is 7.81. The van der Waals surface area contributed by atoms with Crippen molar-refractivity contribution in [1.82, 2.24) is 9.55 Å². The quantitative estimate of drug-likeness (QED) is 0.920. The van der Waals surface area contributed by atoms with Crippen LogP contribution in [0.5, 0.6) is 0 Å². The maximum Gasteiger partial charge on any atom is 0.227 e. The molecule has 0 saturated heterocycles. The number of imidazole rings is 1. The second-order valence-corrected chi connectivity index (χ2v) is 7.31. The predicted octanol–water partition coefficient (Wildman–Crippen LogP) is 4.28. The molecule has 0 spiro atoms. The minimum atomic E-state index is -0.277. The maximum atomic E-state index is 13.6. The SMILES string of the molecule is CC(C)(C)CC(=O)Nc1nc2ccc(F)cc2n1C1CCC1. The number of nitrogens with one attached hydrogen (secondary N) is 1. The van der Waals surface area contributed by atoms with E-state index in [0.29, 0.717) is 18.4 Å². The molecule has 1 N–H and O–H groups in total. The minimum Gasteiger partial charge on any atom is -0.307 e. The van der Waals surface area contributed by atoms with Crippen LogP contribution in [-0.4, -0.2) is 15.5 Å². The number of hydrogen-bond acceptors (Lipinski definition) is 2. The number of anilines is 1. The Hall–Kier alpha value is -1.91. The maximum absolute atomic E-state index is 13.6. The molecule has 1 heterocycles. The van der Waals surface area contributed by atoms with Gasteiger partial charge >= 0.3 is 0 Å². The molecule has 1 saturated carbocycles. The largest absolute Gasteiger partial charge is 0.307 e. The molecule has 1 fully saturated rings. The van der Waals surface area contributed by atoms with Gasteiger partial charge < -0.3 is 4.57 Å². The van der Waals surface area contributed by atoms with Crippen LogP contribution in [-0.2, 0) is 4.79 Å². The Morgan fingerprint density at radius 1 is 1.41 bits per heavy atom. The van der Waals surface area contributed by atoms with Crippen molar-refractivity contribution in [2.45, 2.75) is 52.5 Å². The minimum absolute atomic E-state index is 0.0520. The van der Waals surface area contributed by atoms with E-state index in [1.807, 2.05) is 25.3 Å². The molecular weight excluding hydrogens is 281 g/mol. The van der Waals surface area contributed by atoms with E-state index in [9.17, 15) is 9.18 Å². The van der Waals surface area contributed by atoms with Crippen molar-refractivity contribution in [2.75, 3.05) is 5.32 Å². The Kier molecular flexibility index (Phi) is 3.67. The van der Waals surface area contributed by atoms with Crippen LogP contribution in [0.15, 0.2) is 18.2 Å². The zero-order chi connectivity index (χ0) is 15.9. The van der Waals surface area contributed by atoms with Gasteiger partial charge in [-0.3, -0.25) is 10.1 Å². The molecule has 22 heavy (non-hydrogen) atoms. The van der Waals surface area contributed by atoms with Crippen LogP contribution >= 0.6 is 0 Å². The topological polar surface area (TPSA) is 46.9 Å². The first-order chi connectivity index (χ1) is 10.3. The van der Waals surface area contributed by atoms with Crippen molar-refractivity contribution in [3.8, 4) is 0 Å². The van der Waals surface area contributed by atoms with Gasteiger partial charge in [-0.25, -0.2) is 9.37 Å². The second kappa shape index (κ2) is 5.38. The van der Waals surface area contributed by atoms with Gasteiger partial charge in [0.15, 0.2) is 0 Å². The highest BCUT2D eigenvalue weighted by molar-refractivity contribution is 5.92. The van der Waals surface area contributed by atoms with Gasteiger partial charge in [-0.2, -0.15) is 0 Å². The fourth-order valence-corrected chi connectivity index (χ4v) is 2.82. The number of carbonyl (C=O) groups excluding carboxylic acids is 1. The summed E-state index contributed by atoms with van der Waals surface area (Å²) < 4.78 is 15.6. The zero-order valence-corrected chi connectivity index (χ0v) is 13.3. The highest BCUT2D eigenvalue weighted by Gasteiger charge is 2.26. The van der Waals surface area contributed by atoms with Gasteiger partial charge in [0.1, 0.15) is 5.82 Å². The number of carbonyl (C=O) groups is 1. The zero-order valence-electron chi connectivity index (χ0n) is 13.3. The van der Waals surface area contributed by atoms with E-state index in [0.717, 1.165) is 30.3 Å². The van der Waals surface area contributed by atoms with Crippen LogP contribution in [0.25, 0.3) is 11.0 Å². The molecule has 118 valence electrons. The molecule has 0 atom stereocenters. The summed E-state index contributed by atoms with van der Waals surface area (Å²) in [6.45, 7) is 6.07. The molecule has 1 aromatic heterocycles. The van der Waals surface area contributed by atoms with E-state index >= 15 is 0 Å². The molecule has 0 unspecified atom stereocenters. The molecule has 1 aliphatic carbocycles. The van der Waals surface area contributed by atoms with Crippen LogP contribution in [0.3, 0.4) is 0 Å². The third-order valence-corrected chi connectivity index (χ3v) is 4.03. The molecule has 2 aromatic rings. The Bertz CT molecular complexity index is 710. The number of hydrogen-bond donors (Lipinski definition) is 1. The van der Waals surface area contributed by atoms with Crippen LogP contribution in [0.4, 0.5) is 10.3 Å². The highest BCUT2D eigenvalue weighted by atomic mass is 19.1. The Morgan fingerprint density at radius 2 is 2.14 bits per heavy atom. The average Bonchev–Trinajstić information content (AvgIpc) is 2.63. The van der Waals surface area contributed by atoms with Crippen molar-refractivity contribution in [3.63, 3.8) is 0 Å². The molecule has 5 heteroatoms. The second-order valence-electron chi connectivity index (χ2n) is 7.31. The van der Waals surface area contributed by atoms with E-state index in [-0.39, 0.29) is 17.1 Å². The lowest BCUT2D eigenvalue weighted by atomic mass is 9.92. The van der Waals surface area contributed by atoms with Crippen molar-refractivity contribution in [2.24, 2.45) is 5.41 Å². The Morgan fingerprint density at radius 3 is 2.73 bits per heavy atom. The number of amides is 1. The number of fused-ring (bicyclic) bond motifs is 1. The lowest BCUT2D eigenvalue weighted by molar-refractivity contribution is -0.117. The Balaban J connectivity index is 1.96. The molecule has 0 aliphatic heterocycles. The van der Waals surface area contributed by atoms with Gasteiger partial charge in [0.05, 0.1) is 11.0 Å². The summed E-state index contributed by atoms with van der Waals surface area (Å²) >= 11 is 0. The molecule has 1 aromatic carbocycles. The summed E-state index contributed by atoms with van der Waals surface area (Å²) in [4.78, 5) is 16.7. The number of halogens is 1. The normalized spacial score (nSPS) is 15.8.